The summed E-state index contributed by atoms with van der Waals surface area (Å²) in [5.74, 6) is -0.157. The van der Waals surface area contributed by atoms with Crippen LogP contribution in [-0.2, 0) is 11.8 Å². The number of fused-ring (bicyclic) bond motifs is 1. The Morgan fingerprint density at radius 3 is 2.93 bits per heavy atom. The van der Waals surface area contributed by atoms with Gasteiger partial charge in [0.15, 0.2) is 0 Å². The van der Waals surface area contributed by atoms with Crippen LogP contribution in [-0.4, -0.2) is 34.3 Å². The minimum atomic E-state index is -0.974. The molecule has 2 N–H and O–H groups in total. The normalized spacial score (nSPS) is 14.1. The van der Waals surface area contributed by atoms with Gasteiger partial charge in [0.1, 0.15) is 11.4 Å². The highest BCUT2D eigenvalue weighted by Crippen LogP contribution is 2.40. The Kier molecular flexibility index (Phi) is 4.88. The molecule has 1 aromatic carbocycles. The Morgan fingerprint density at radius 1 is 1.39 bits per heavy atom. The van der Waals surface area contributed by atoms with Crippen LogP contribution in [0.1, 0.15) is 40.2 Å². The lowest BCUT2D eigenvalue weighted by molar-refractivity contribution is 0.0697. The van der Waals surface area contributed by atoms with Gasteiger partial charge in [-0.15, -0.1) is 0 Å². The SMILES string of the molecule is COC/C=C/c1cc(Nc2ncc(C3CC3)cc2C(=O)O)cc2ccn(C)c12. The fourth-order valence-corrected chi connectivity index (χ4v) is 3.47. The first-order chi connectivity index (χ1) is 13.6. The van der Waals surface area contributed by atoms with E-state index in [2.05, 4.69) is 14.9 Å². The van der Waals surface area contributed by atoms with Crippen molar-refractivity contribution in [3.8, 4) is 0 Å². The van der Waals surface area contributed by atoms with Gasteiger partial charge >= 0.3 is 5.97 Å². The Bertz CT molecular complexity index is 1060. The maximum Gasteiger partial charge on any atom is 0.339 e. The van der Waals surface area contributed by atoms with Gasteiger partial charge < -0.3 is 19.7 Å². The fraction of sp³-hybridized carbons (Fsp3) is 0.273. The van der Waals surface area contributed by atoms with Crippen LogP contribution >= 0.6 is 0 Å². The van der Waals surface area contributed by atoms with Gasteiger partial charge in [0, 0.05) is 43.2 Å². The number of aromatic carboxylic acids is 1. The molecule has 1 aliphatic rings. The second-order valence-electron chi connectivity index (χ2n) is 7.16. The van der Waals surface area contributed by atoms with Crippen molar-refractivity contribution in [3.63, 3.8) is 0 Å². The Morgan fingerprint density at radius 2 is 2.21 bits per heavy atom. The first kappa shape index (κ1) is 18.3. The molecule has 0 aliphatic heterocycles. The van der Waals surface area contributed by atoms with E-state index in [0.717, 1.165) is 40.6 Å². The van der Waals surface area contributed by atoms with Crippen LogP contribution in [0.25, 0.3) is 17.0 Å². The van der Waals surface area contributed by atoms with E-state index in [0.29, 0.717) is 18.3 Å². The van der Waals surface area contributed by atoms with Gasteiger partial charge in [-0.1, -0.05) is 12.2 Å². The highest BCUT2D eigenvalue weighted by Gasteiger charge is 2.26. The summed E-state index contributed by atoms with van der Waals surface area (Å²) in [7, 11) is 3.66. The number of aromatic nitrogens is 2. The summed E-state index contributed by atoms with van der Waals surface area (Å²) in [6.07, 6.45) is 9.97. The lowest BCUT2D eigenvalue weighted by atomic mass is 10.1. The number of aryl methyl sites for hydroxylation is 1. The number of anilines is 2. The molecule has 0 unspecified atom stereocenters. The van der Waals surface area contributed by atoms with Crippen molar-refractivity contribution in [2.45, 2.75) is 18.8 Å². The molecule has 144 valence electrons. The average molecular weight is 377 g/mol. The van der Waals surface area contributed by atoms with Gasteiger partial charge in [0.25, 0.3) is 0 Å². The second kappa shape index (κ2) is 7.48. The van der Waals surface area contributed by atoms with Crippen LogP contribution in [0, 0.1) is 0 Å². The zero-order chi connectivity index (χ0) is 19.7. The minimum absolute atomic E-state index is 0.203. The van der Waals surface area contributed by atoms with Gasteiger partial charge in [0.05, 0.1) is 12.1 Å². The molecular weight excluding hydrogens is 354 g/mol. The summed E-state index contributed by atoms with van der Waals surface area (Å²) in [4.78, 5) is 16.2. The van der Waals surface area contributed by atoms with E-state index in [1.807, 2.05) is 43.6 Å². The lowest BCUT2D eigenvalue weighted by Gasteiger charge is -2.12. The number of nitrogens with one attached hydrogen (secondary N) is 1. The van der Waals surface area contributed by atoms with Gasteiger partial charge in [-0.2, -0.15) is 0 Å². The molecule has 0 bridgehead atoms. The number of ether oxygens (including phenoxy) is 1. The number of benzene rings is 1. The van der Waals surface area contributed by atoms with Crippen molar-refractivity contribution >= 4 is 34.5 Å². The van der Waals surface area contributed by atoms with Gasteiger partial charge in [-0.05, 0) is 48.6 Å². The Balaban J connectivity index is 1.72. The van der Waals surface area contributed by atoms with Gasteiger partial charge in [-0.25, -0.2) is 9.78 Å². The van der Waals surface area contributed by atoms with Crippen LogP contribution < -0.4 is 5.32 Å². The number of rotatable bonds is 7. The molecule has 0 spiro atoms. The summed E-state index contributed by atoms with van der Waals surface area (Å²) >= 11 is 0. The van der Waals surface area contributed by atoms with Gasteiger partial charge in [0.2, 0.25) is 0 Å². The highest BCUT2D eigenvalue weighted by atomic mass is 16.5. The minimum Gasteiger partial charge on any atom is -0.478 e. The quantitative estimate of drug-likeness (QED) is 0.632. The summed E-state index contributed by atoms with van der Waals surface area (Å²) in [6, 6.07) is 7.79. The number of carbonyl (C=O) groups is 1. The fourth-order valence-electron chi connectivity index (χ4n) is 3.47. The van der Waals surface area contributed by atoms with Crippen LogP contribution in [0.4, 0.5) is 11.5 Å². The zero-order valence-corrected chi connectivity index (χ0v) is 16.0. The number of pyridine rings is 1. The summed E-state index contributed by atoms with van der Waals surface area (Å²) in [6.45, 7) is 0.525. The smallest absolute Gasteiger partial charge is 0.339 e. The van der Waals surface area contributed by atoms with E-state index in [-0.39, 0.29) is 5.56 Å². The average Bonchev–Trinajstić information content (AvgIpc) is 3.45. The van der Waals surface area contributed by atoms with Crippen LogP contribution in [0.3, 0.4) is 0 Å². The Hall–Kier alpha value is -3.12. The van der Waals surface area contributed by atoms with Crippen molar-refractivity contribution in [3.05, 3.63) is 59.4 Å². The van der Waals surface area contributed by atoms with E-state index in [9.17, 15) is 9.90 Å². The van der Waals surface area contributed by atoms with Crippen molar-refractivity contribution in [2.75, 3.05) is 19.0 Å². The van der Waals surface area contributed by atoms with Crippen LogP contribution in [0.15, 0.2) is 42.7 Å². The molecule has 0 amide bonds. The molecule has 2 aromatic heterocycles. The molecule has 1 aliphatic carbocycles. The molecule has 0 radical (unpaired) electrons. The monoisotopic (exact) mass is 377 g/mol. The number of hydrogen-bond acceptors (Lipinski definition) is 4. The number of nitrogens with zero attached hydrogens (tertiary/aromatic N) is 2. The first-order valence-electron chi connectivity index (χ1n) is 9.31. The number of methoxy groups -OCH3 is 1. The third kappa shape index (κ3) is 3.64. The van der Waals surface area contributed by atoms with Crippen LogP contribution in [0.2, 0.25) is 0 Å². The maximum atomic E-state index is 11.8. The standard InChI is InChI=1S/C22H23N3O3/c1-25-8-7-16-11-18(10-15(20(16)25)4-3-9-28-2)24-21-19(22(26)27)12-17(13-23-21)14-5-6-14/h3-4,7-8,10-14H,5-6,9H2,1-2H3,(H,23,24)(H,26,27)/b4-3+. The molecule has 0 atom stereocenters. The molecular formula is C22H23N3O3. The number of hydrogen-bond donors (Lipinski definition) is 2. The molecule has 4 rings (SSSR count). The summed E-state index contributed by atoms with van der Waals surface area (Å²) in [5.41, 5.74) is 4.13. The Labute approximate surface area is 163 Å². The number of carboxylic acids is 1. The van der Waals surface area contributed by atoms with E-state index in [1.165, 1.54) is 0 Å². The molecule has 6 heteroatoms. The first-order valence-corrected chi connectivity index (χ1v) is 9.31. The highest BCUT2D eigenvalue weighted by molar-refractivity contribution is 5.96. The third-order valence-corrected chi connectivity index (χ3v) is 5.01. The maximum absolute atomic E-state index is 11.8. The zero-order valence-electron chi connectivity index (χ0n) is 16.0. The van der Waals surface area contributed by atoms with E-state index in [1.54, 1.807) is 19.4 Å². The molecule has 6 nitrogen and oxygen atoms in total. The van der Waals surface area contributed by atoms with E-state index < -0.39 is 5.97 Å². The van der Waals surface area contributed by atoms with E-state index >= 15 is 0 Å². The van der Waals surface area contributed by atoms with Crippen molar-refractivity contribution < 1.29 is 14.6 Å². The second-order valence-corrected chi connectivity index (χ2v) is 7.16. The van der Waals surface area contributed by atoms with E-state index in [4.69, 9.17) is 4.74 Å². The lowest BCUT2D eigenvalue weighted by Crippen LogP contribution is -2.06. The predicted molar refractivity (Wildman–Crippen MR) is 110 cm³/mol. The van der Waals surface area contributed by atoms with Gasteiger partial charge in [-0.3, -0.25) is 0 Å². The van der Waals surface area contributed by atoms with Crippen molar-refractivity contribution in [1.82, 2.24) is 9.55 Å². The molecule has 3 aromatic rings. The number of carboxylic acid groups (broad SMARTS) is 1. The molecule has 28 heavy (non-hydrogen) atoms. The van der Waals surface area contributed by atoms with Crippen molar-refractivity contribution in [2.24, 2.45) is 7.05 Å². The molecule has 1 saturated carbocycles. The van der Waals surface area contributed by atoms with Crippen molar-refractivity contribution in [1.29, 1.82) is 0 Å². The summed E-state index contributed by atoms with van der Waals surface area (Å²) in [5, 5.41) is 13.9. The third-order valence-electron chi connectivity index (χ3n) is 5.01. The molecule has 0 saturated heterocycles. The predicted octanol–water partition coefficient (Wildman–Crippen LogP) is 4.55. The molecule has 2 heterocycles. The van der Waals surface area contributed by atoms with Crippen LogP contribution in [0.5, 0.6) is 0 Å². The topological polar surface area (TPSA) is 76.4 Å². The molecule has 1 fully saturated rings. The summed E-state index contributed by atoms with van der Waals surface area (Å²) < 4.78 is 7.17. The largest absolute Gasteiger partial charge is 0.478 e.